The van der Waals surface area contributed by atoms with Gasteiger partial charge in [0.05, 0.1) is 0 Å². The molecular formula is C13H29N3OSi. The lowest BCUT2D eigenvalue weighted by Crippen LogP contribution is -2.41. The Labute approximate surface area is 113 Å². The highest BCUT2D eigenvalue weighted by atomic mass is 28.4. The maximum absolute atomic E-state index is 8.29. The summed E-state index contributed by atoms with van der Waals surface area (Å²) in [5.41, 5.74) is 8.29. The van der Waals surface area contributed by atoms with Crippen molar-refractivity contribution < 1.29 is 4.43 Å². The second-order valence-electron chi connectivity index (χ2n) is 6.93. The number of nitrogens with zero attached hydrogens (tertiary/aromatic N) is 3. The summed E-state index contributed by atoms with van der Waals surface area (Å²) in [6.45, 7) is 17.1. The molecule has 0 aromatic rings. The van der Waals surface area contributed by atoms with E-state index in [0.717, 1.165) is 13.0 Å². The third-order valence-electron chi connectivity index (χ3n) is 3.80. The Balaban J connectivity index is 4.11. The zero-order valence-electron chi connectivity index (χ0n) is 13.0. The first-order chi connectivity index (χ1) is 8.10. The maximum Gasteiger partial charge on any atom is 0.191 e. The Hall–Kier alpha value is -0.513. The minimum atomic E-state index is -1.63. The fourth-order valence-corrected chi connectivity index (χ4v) is 2.71. The van der Waals surface area contributed by atoms with E-state index in [1.54, 1.807) is 0 Å². The van der Waals surface area contributed by atoms with Crippen molar-refractivity contribution in [2.45, 2.75) is 59.2 Å². The van der Waals surface area contributed by atoms with Crippen LogP contribution < -0.4 is 0 Å². The van der Waals surface area contributed by atoms with E-state index in [1.165, 1.54) is 0 Å². The van der Waals surface area contributed by atoms with Crippen LogP contribution in [0.3, 0.4) is 0 Å². The molecule has 5 heteroatoms. The Kier molecular flexibility index (Phi) is 6.96. The zero-order chi connectivity index (χ0) is 14.4. The monoisotopic (exact) mass is 271 g/mol. The van der Waals surface area contributed by atoms with Gasteiger partial charge >= 0.3 is 0 Å². The molecule has 18 heavy (non-hydrogen) atoms. The highest BCUT2D eigenvalue weighted by Crippen LogP contribution is 2.36. The van der Waals surface area contributed by atoms with Crippen LogP contribution in [-0.2, 0) is 4.43 Å². The van der Waals surface area contributed by atoms with E-state index >= 15 is 0 Å². The van der Waals surface area contributed by atoms with Crippen LogP contribution in [0.1, 0.15) is 41.0 Å². The van der Waals surface area contributed by atoms with Crippen LogP contribution in [0.4, 0.5) is 0 Å². The minimum absolute atomic E-state index is 0.267. The topological polar surface area (TPSA) is 58.0 Å². The number of azide groups is 1. The van der Waals surface area contributed by atoms with Crippen LogP contribution in [-0.4, -0.2) is 21.5 Å². The van der Waals surface area contributed by atoms with Gasteiger partial charge in [-0.15, -0.1) is 0 Å². The molecule has 0 aromatic heterocycles. The summed E-state index contributed by atoms with van der Waals surface area (Å²) in [5.74, 6) is 0.946. The second-order valence-corrected chi connectivity index (χ2v) is 11.7. The number of hydrogen-bond acceptors (Lipinski definition) is 2. The van der Waals surface area contributed by atoms with E-state index in [-0.39, 0.29) is 5.04 Å². The number of hydrogen-bond donors (Lipinski definition) is 0. The Bertz CT molecular complexity index is 293. The van der Waals surface area contributed by atoms with Crippen molar-refractivity contribution in [1.82, 2.24) is 0 Å². The molecule has 0 aromatic carbocycles. The molecule has 2 atom stereocenters. The van der Waals surface area contributed by atoms with Crippen molar-refractivity contribution in [2.75, 3.05) is 13.2 Å². The highest BCUT2D eigenvalue weighted by molar-refractivity contribution is 6.74. The average Bonchev–Trinajstić information content (AvgIpc) is 2.22. The first kappa shape index (κ1) is 17.5. The van der Waals surface area contributed by atoms with Gasteiger partial charge in [-0.3, -0.25) is 0 Å². The van der Waals surface area contributed by atoms with Crippen molar-refractivity contribution in [3.63, 3.8) is 0 Å². The molecule has 0 aliphatic carbocycles. The lowest BCUT2D eigenvalue weighted by atomic mass is 9.98. The van der Waals surface area contributed by atoms with Gasteiger partial charge in [-0.1, -0.05) is 39.7 Å². The van der Waals surface area contributed by atoms with Gasteiger partial charge in [-0.2, -0.15) is 0 Å². The molecule has 0 heterocycles. The van der Waals surface area contributed by atoms with Crippen LogP contribution in [0.15, 0.2) is 5.11 Å². The summed E-state index contributed by atoms with van der Waals surface area (Å²) < 4.78 is 6.20. The quantitative estimate of drug-likeness (QED) is 0.279. The lowest BCUT2D eigenvalue weighted by Gasteiger charge is -2.37. The Morgan fingerprint density at radius 3 is 2.22 bits per heavy atom. The molecule has 0 saturated heterocycles. The Morgan fingerprint density at radius 1 is 1.22 bits per heavy atom. The molecule has 106 valence electrons. The summed E-state index contributed by atoms with van der Waals surface area (Å²) in [6.07, 6.45) is 1.05. The molecule has 0 saturated carbocycles. The predicted molar refractivity (Wildman–Crippen MR) is 80.1 cm³/mol. The van der Waals surface area contributed by atoms with Crippen molar-refractivity contribution in [2.24, 2.45) is 17.0 Å². The van der Waals surface area contributed by atoms with E-state index in [4.69, 9.17) is 9.96 Å². The first-order valence-corrected chi connectivity index (χ1v) is 9.65. The molecular weight excluding hydrogens is 242 g/mol. The normalized spacial score (nSPS) is 15.9. The van der Waals surface area contributed by atoms with Crippen molar-refractivity contribution >= 4 is 8.32 Å². The first-order valence-electron chi connectivity index (χ1n) is 6.75. The molecule has 0 unspecified atom stereocenters. The van der Waals surface area contributed by atoms with Crippen LogP contribution in [0.25, 0.3) is 10.4 Å². The third-order valence-corrected chi connectivity index (χ3v) is 8.30. The summed E-state index contributed by atoms with van der Waals surface area (Å²) in [7, 11) is -1.63. The van der Waals surface area contributed by atoms with Crippen LogP contribution >= 0.6 is 0 Å². The van der Waals surface area contributed by atoms with Crippen molar-refractivity contribution in [1.29, 1.82) is 0 Å². The summed E-state index contributed by atoms with van der Waals surface area (Å²) in [6, 6.07) is 0. The largest absolute Gasteiger partial charge is 0.417 e. The van der Waals surface area contributed by atoms with Gasteiger partial charge in [0.2, 0.25) is 0 Å². The SMILES string of the molecule is C[C@H](CN=[N+]=[N-])C[C@@H](C)CO[Si](C)(C)C(C)(C)C. The molecule has 0 rings (SSSR count). The van der Waals surface area contributed by atoms with E-state index < -0.39 is 8.32 Å². The zero-order valence-corrected chi connectivity index (χ0v) is 14.0. The second kappa shape index (κ2) is 7.17. The molecule has 0 spiro atoms. The fourth-order valence-electron chi connectivity index (χ4n) is 1.57. The van der Waals surface area contributed by atoms with Gasteiger partial charge in [-0.25, -0.2) is 0 Å². The van der Waals surface area contributed by atoms with Gasteiger partial charge in [-0.05, 0) is 41.9 Å². The highest BCUT2D eigenvalue weighted by Gasteiger charge is 2.37. The third kappa shape index (κ3) is 6.43. The van der Waals surface area contributed by atoms with Crippen molar-refractivity contribution in [3.8, 4) is 0 Å². The fraction of sp³-hybridized carbons (Fsp3) is 1.00. The summed E-state index contributed by atoms with van der Waals surface area (Å²) >= 11 is 0. The minimum Gasteiger partial charge on any atom is -0.417 e. The van der Waals surface area contributed by atoms with Crippen molar-refractivity contribution in [3.05, 3.63) is 10.4 Å². The van der Waals surface area contributed by atoms with E-state index in [1.807, 2.05) is 0 Å². The van der Waals surface area contributed by atoms with Gasteiger partial charge in [0.15, 0.2) is 8.32 Å². The standard InChI is InChI=1S/C13H29N3OSi/c1-11(9-15-16-14)8-12(2)10-17-18(6,7)13(3,4)5/h11-12H,8-10H2,1-7H3/t11-,12+/m0/s1. The van der Waals surface area contributed by atoms with Gasteiger partial charge < -0.3 is 4.43 Å². The molecule has 0 aliphatic rings. The molecule has 0 radical (unpaired) electrons. The van der Waals surface area contributed by atoms with E-state index in [2.05, 4.69) is 57.7 Å². The lowest BCUT2D eigenvalue weighted by molar-refractivity contribution is 0.218. The average molecular weight is 271 g/mol. The molecule has 0 bridgehead atoms. The molecule has 0 fully saturated rings. The van der Waals surface area contributed by atoms with Crippen LogP contribution in [0.2, 0.25) is 18.1 Å². The molecule has 0 amide bonds. The number of rotatable bonds is 7. The smallest absolute Gasteiger partial charge is 0.191 e. The van der Waals surface area contributed by atoms with E-state index in [0.29, 0.717) is 18.4 Å². The predicted octanol–water partition coefficient (Wildman–Crippen LogP) is 4.98. The van der Waals surface area contributed by atoms with Crippen LogP contribution in [0.5, 0.6) is 0 Å². The van der Waals surface area contributed by atoms with E-state index in [9.17, 15) is 0 Å². The molecule has 0 aliphatic heterocycles. The van der Waals surface area contributed by atoms with Gasteiger partial charge in [0.1, 0.15) is 0 Å². The van der Waals surface area contributed by atoms with Gasteiger partial charge in [0, 0.05) is 18.1 Å². The molecule has 0 N–H and O–H groups in total. The summed E-state index contributed by atoms with van der Waals surface area (Å²) in [4.78, 5) is 2.80. The summed E-state index contributed by atoms with van der Waals surface area (Å²) in [5, 5.41) is 3.89. The van der Waals surface area contributed by atoms with Gasteiger partial charge in [0.25, 0.3) is 0 Å². The maximum atomic E-state index is 8.29. The molecule has 4 nitrogen and oxygen atoms in total. The van der Waals surface area contributed by atoms with Crippen LogP contribution in [0, 0.1) is 11.8 Å². The Morgan fingerprint density at radius 2 is 1.78 bits per heavy atom.